The molecule has 168 valence electrons. The predicted octanol–water partition coefficient (Wildman–Crippen LogP) is 5.62. The minimum Gasteiger partial charge on any atom is -0.480 e. The summed E-state index contributed by atoms with van der Waals surface area (Å²) in [5, 5.41) is 14.9. The molecule has 0 saturated heterocycles. The van der Waals surface area contributed by atoms with E-state index in [4.69, 9.17) is 0 Å². The van der Waals surface area contributed by atoms with Crippen molar-refractivity contribution in [2.45, 2.75) is 38.6 Å². The van der Waals surface area contributed by atoms with E-state index in [0.717, 1.165) is 10.6 Å². The third-order valence-electron chi connectivity index (χ3n) is 4.47. The highest BCUT2D eigenvalue weighted by Crippen LogP contribution is 2.37. The predicted molar refractivity (Wildman–Crippen MR) is 131 cm³/mol. The summed E-state index contributed by atoms with van der Waals surface area (Å²) in [6.45, 7) is 8.79. The van der Waals surface area contributed by atoms with Crippen LogP contribution in [-0.4, -0.2) is 37.2 Å². The molecule has 0 aliphatic rings. The largest absolute Gasteiger partial charge is 0.480 e. The van der Waals surface area contributed by atoms with Gasteiger partial charge in [0, 0.05) is 37.8 Å². The van der Waals surface area contributed by atoms with Crippen molar-refractivity contribution in [3.63, 3.8) is 0 Å². The van der Waals surface area contributed by atoms with E-state index < -0.39 is 12.0 Å². The van der Waals surface area contributed by atoms with Crippen molar-refractivity contribution < 1.29 is 19.4 Å². The summed E-state index contributed by atoms with van der Waals surface area (Å²) < 4.78 is 9.94. The number of carboxylic acids is 1. The number of nitrogens with one attached hydrogen (secondary N) is 2. The standard InChI is InChI=1S/C18H20N2O2S2.C5H10O2/c1-10(2)17(18(21)22)20-24-12-5-7-14-13-6-4-11(19-3)8-15(13)23-16(14)9-12;1-5(2)3-7-4-6/h4-10,17,19-20H,1-3H3,(H,21,22);4-5H,3H2,1-2H3. The zero-order valence-electron chi connectivity index (χ0n) is 18.5. The molecule has 0 fully saturated rings. The van der Waals surface area contributed by atoms with Gasteiger partial charge in [0.15, 0.2) is 0 Å². The van der Waals surface area contributed by atoms with Gasteiger partial charge in [-0.3, -0.25) is 9.59 Å². The number of carbonyl (C=O) groups is 2. The summed E-state index contributed by atoms with van der Waals surface area (Å²) in [5.41, 5.74) is 1.10. The van der Waals surface area contributed by atoms with E-state index in [1.807, 2.05) is 40.8 Å². The average molecular weight is 463 g/mol. The summed E-state index contributed by atoms with van der Waals surface area (Å²) >= 11 is 3.14. The highest BCUT2D eigenvalue weighted by molar-refractivity contribution is 7.97. The third-order valence-corrected chi connectivity index (χ3v) is 6.44. The van der Waals surface area contributed by atoms with Gasteiger partial charge in [-0.05, 0) is 48.0 Å². The summed E-state index contributed by atoms with van der Waals surface area (Å²) in [6, 6.07) is 12.1. The molecule has 0 spiro atoms. The number of aliphatic carboxylic acids is 1. The lowest BCUT2D eigenvalue weighted by atomic mass is 10.1. The van der Waals surface area contributed by atoms with Crippen molar-refractivity contribution in [2.24, 2.45) is 11.8 Å². The zero-order chi connectivity index (χ0) is 23.0. The fourth-order valence-electron chi connectivity index (χ4n) is 2.81. The van der Waals surface area contributed by atoms with E-state index in [2.05, 4.69) is 45.1 Å². The number of carbonyl (C=O) groups excluding carboxylic acids is 1. The second kappa shape index (κ2) is 11.9. The summed E-state index contributed by atoms with van der Waals surface area (Å²) in [5.74, 6) is -0.340. The molecule has 0 saturated carbocycles. The lowest BCUT2D eigenvalue weighted by molar-refractivity contribution is -0.140. The highest BCUT2D eigenvalue weighted by atomic mass is 32.2. The molecule has 0 aliphatic carbocycles. The Morgan fingerprint density at radius 2 is 1.77 bits per heavy atom. The Morgan fingerprint density at radius 1 is 1.13 bits per heavy atom. The maximum atomic E-state index is 11.3. The third kappa shape index (κ3) is 7.12. The first-order valence-corrected chi connectivity index (χ1v) is 11.7. The molecule has 0 aliphatic heterocycles. The van der Waals surface area contributed by atoms with Crippen molar-refractivity contribution in [1.29, 1.82) is 0 Å². The number of hydrogen-bond donors (Lipinski definition) is 3. The molecule has 0 bridgehead atoms. The molecule has 31 heavy (non-hydrogen) atoms. The number of hydrogen-bond acceptors (Lipinski definition) is 7. The summed E-state index contributed by atoms with van der Waals surface area (Å²) in [7, 11) is 1.92. The van der Waals surface area contributed by atoms with Crippen LogP contribution >= 0.6 is 23.3 Å². The van der Waals surface area contributed by atoms with Gasteiger partial charge in [0.05, 0.1) is 6.61 Å². The number of fused-ring (bicyclic) bond motifs is 3. The van der Waals surface area contributed by atoms with Crippen LogP contribution in [0.25, 0.3) is 20.2 Å². The van der Waals surface area contributed by atoms with Crippen molar-refractivity contribution >= 4 is 61.6 Å². The minimum absolute atomic E-state index is 0.0306. The van der Waals surface area contributed by atoms with Gasteiger partial charge in [-0.15, -0.1) is 11.3 Å². The average Bonchev–Trinajstić information content (AvgIpc) is 3.09. The second-order valence-electron chi connectivity index (χ2n) is 7.82. The van der Waals surface area contributed by atoms with E-state index in [-0.39, 0.29) is 5.92 Å². The van der Waals surface area contributed by atoms with Gasteiger partial charge in [0.2, 0.25) is 0 Å². The van der Waals surface area contributed by atoms with Crippen LogP contribution in [0, 0.1) is 11.8 Å². The Hall–Kier alpha value is -2.29. The van der Waals surface area contributed by atoms with E-state index in [9.17, 15) is 14.7 Å². The fourth-order valence-corrected chi connectivity index (χ4v) is 5.02. The highest BCUT2D eigenvalue weighted by Gasteiger charge is 2.21. The lowest BCUT2D eigenvalue weighted by Crippen LogP contribution is -2.36. The van der Waals surface area contributed by atoms with Crippen LogP contribution in [0.5, 0.6) is 0 Å². The smallest absolute Gasteiger partial charge is 0.321 e. The van der Waals surface area contributed by atoms with Crippen LogP contribution in [0.15, 0.2) is 41.3 Å². The first kappa shape index (κ1) is 25.0. The quantitative estimate of drug-likeness (QED) is 0.281. The molecular formula is C23H30N2O4S2. The summed E-state index contributed by atoms with van der Waals surface area (Å²) in [6.07, 6.45) is 0. The van der Waals surface area contributed by atoms with Gasteiger partial charge >= 0.3 is 5.97 Å². The zero-order valence-corrected chi connectivity index (χ0v) is 20.1. The number of ether oxygens (including phenoxy) is 1. The molecule has 0 radical (unpaired) electrons. The first-order chi connectivity index (χ1) is 14.8. The molecule has 8 heteroatoms. The normalized spacial score (nSPS) is 12.0. The Bertz CT molecular complexity index is 1020. The molecule has 3 rings (SSSR count). The molecule has 1 heterocycles. The molecule has 1 atom stereocenters. The van der Waals surface area contributed by atoms with Crippen molar-refractivity contribution in [3.8, 4) is 0 Å². The number of rotatable bonds is 9. The van der Waals surface area contributed by atoms with Crippen LogP contribution in [0.3, 0.4) is 0 Å². The molecule has 3 aromatic rings. The molecular weight excluding hydrogens is 432 g/mol. The SMILES string of the molecule is CC(C)COC=O.CNc1ccc2c(c1)sc1cc(SNC(C(=O)O)C(C)C)ccc12. The molecule has 6 nitrogen and oxygen atoms in total. The molecule has 3 N–H and O–H groups in total. The molecule has 0 amide bonds. The van der Waals surface area contributed by atoms with Gasteiger partial charge < -0.3 is 15.2 Å². The maximum absolute atomic E-state index is 11.3. The fraction of sp³-hybridized carbons (Fsp3) is 0.391. The second-order valence-corrected chi connectivity index (χ2v) is 9.82. The number of benzene rings is 2. The van der Waals surface area contributed by atoms with Crippen LogP contribution < -0.4 is 10.0 Å². The summed E-state index contributed by atoms with van der Waals surface area (Å²) in [4.78, 5) is 21.8. The van der Waals surface area contributed by atoms with Gasteiger partial charge in [-0.2, -0.15) is 0 Å². The minimum atomic E-state index is -0.819. The van der Waals surface area contributed by atoms with Crippen LogP contribution in [0.2, 0.25) is 0 Å². The molecule has 1 aromatic heterocycles. The van der Waals surface area contributed by atoms with Crippen molar-refractivity contribution in [1.82, 2.24) is 4.72 Å². The van der Waals surface area contributed by atoms with Crippen molar-refractivity contribution in [3.05, 3.63) is 36.4 Å². The van der Waals surface area contributed by atoms with Crippen molar-refractivity contribution in [2.75, 3.05) is 19.0 Å². The molecule has 2 aromatic carbocycles. The Kier molecular flexibility index (Phi) is 9.61. The van der Waals surface area contributed by atoms with Gasteiger partial charge in [0.1, 0.15) is 6.04 Å². The van der Waals surface area contributed by atoms with Crippen LogP contribution in [0.4, 0.5) is 5.69 Å². The van der Waals surface area contributed by atoms with E-state index in [0.29, 0.717) is 19.0 Å². The van der Waals surface area contributed by atoms with Crippen LogP contribution in [0.1, 0.15) is 27.7 Å². The first-order valence-electron chi connectivity index (χ1n) is 10.1. The number of carboxylic acid groups (broad SMARTS) is 1. The van der Waals surface area contributed by atoms with E-state index >= 15 is 0 Å². The van der Waals surface area contributed by atoms with E-state index in [1.165, 1.54) is 32.1 Å². The lowest BCUT2D eigenvalue weighted by Gasteiger charge is -2.16. The number of anilines is 1. The van der Waals surface area contributed by atoms with Gasteiger partial charge in [-0.1, -0.05) is 39.8 Å². The molecule has 1 unspecified atom stereocenters. The van der Waals surface area contributed by atoms with Gasteiger partial charge in [-0.25, -0.2) is 4.72 Å². The topological polar surface area (TPSA) is 87.7 Å². The number of thiophene rings is 1. The van der Waals surface area contributed by atoms with Crippen LogP contribution in [-0.2, 0) is 14.3 Å². The maximum Gasteiger partial charge on any atom is 0.321 e. The Morgan fingerprint density at radius 3 is 2.29 bits per heavy atom. The Labute approximate surface area is 191 Å². The van der Waals surface area contributed by atoms with Gasteiger partial charge in [0.25, 0.3) is 6.47 Å². The monoisotopic (exact) mass is 462 g/mol. The van der Waals surface area contributed by atoms with E-state index in [1.54, 1.807) is 11.3 Å². The Balaban J connectivity index is 0.000000423.